The van der Waals surface area contributed by atoms with Gasteiger partial charge in [0.15, 0.2) is 34.9 Å². The van der Waals surface area contributed by atoms with Crippen LogP contribution in [-0.4, -0.2) is 0 Å². The van der Waals surface area contributed by atoms with Crippen molar-refractivity contribution in [3.63, 3.8) is 0 Å². The summed E-state index contributed by atoms with van der Waals surface area (Å²) in [6.07, 6.45) is 0. The van der Waals surface area contributed by atoms with Crippen LogP contribution in [0, 0.1) is 34.9 Å². The standard InChI is InChI=1S/C10H2F6/c11-4-1-3-2-5(12)8(14)10(16)6(3)9(15)7(4)13/h1-2H. The summed E-state index contributed by atoms with van der Waals surface area (Å²) in [5, 5.41) is -1.70. The Kier molecular flexibility index (Phi) is 2.29. The molecule has 0 nitrogen and oxygen atoms in total. The van der Waals surface area contributed by atoms with Gasteiger partial charge in [-0.15, -0.1) is 0 Å². The van der Waals surface area contributed by atoms with E-state index >= 15 is 0 Å². The van der Waals surface area contributed by atoms with Crippen LogP contribution in [0.4, 0.5) is 26.3 Å². The van der Waals surface area contributed by atoms with Crippen molar-refractivity contribution in [1.29, 1.82) is 0 Å². The van der Waals surface area contributed by atoms with E-state index in [9.17, 15) is 26.3 Å². The van der Waals surface area contributed by atoms with Crippen molar-refractivity contribution < 1.29 is 26.3 Å². The molecule has 0 aliphatic heterocycles. The van der Waals surface area contributed by atoms with E-state index < -0.39 is 45.7 Å². The highest BCUT2D eigenvalue weighted by Gasteiger charge is 2.21. The maximum absolute atomic E-state index is 13.1. The van der Waals surface area contributed by atoms with Crippen molar-refractivity contribution in [3.8, 4) is 0 Å². The average Bonchev–Trinajstić information content (AvgIpc) is 2.23. The van der Waals surface area contributed by atoms with E-state index in [2.05, 4.69) is 0 Å². The monoisotopic (exact) mass is 236 g/mol. The van der Waals surface area contributed by atoms with E-state index in [0.717, 1.165) is 0 Å². The number of halogens is 6. The molecule has 0 unspecified atom stereocenters. The minimum absolute atomic E-state index is 0.388. The first-order chi connectivity index (χ1) is 7.43. The highest BCUT2D eigenvalue weighted by Crippen LogP contribution is 2.28. The van der Waals surface area contributed by atoms with Crippen LogP contribution in [0.3, 0.4) is 0 Å². The number of benzene rings is 2. The van der Waals surface area contributed by atoms with Gasteiger partial charge < -0.3 is 0 Å². The van der Waals surface area contributed by atoms with Crippen molar-refractivity contribution >= 4 is 10.8 Å². The third-order valence-corrected chi connectivity index (χ3v) is 2.10. The molecule has 2 aromatic carbocycles. The molecular formula is C10H2F6. The molecule has 0 saturated carbocycles. The first-order valence-electron chi connectivity index (χ1n) is 4.04. The van der Waals surface area contributed by atoms with Gasteiger partial charge >= 0.3 is 0 Å². The van der Waals surface area contributed by atoms with E-state index in [1.807, 2.05) is 0 Å². The molecule has 0 spiro atoms. The van der Waals surface area contributed by atoms with Gasteiger partial charge in [0.1, 0.15) is 0 Å². The van der Waals surface area contributed by atoms with E-state index in [0.29, 0.717) is 12.1 Å². The fourth-order valence-corrected chi connectivity index (χ4v) is 1.36. The van der Waals surface area contributed by atoms with Crippen LogP contribution in [0.25, 0.3) is 10.8 Å². The summed E-state index contributed by atoms with van der Waals surface area (Å²) < 4.78 is 77.1. The lowest BCUT2D eigenvalue weighted by Gasteiger charge is -2.04. The average molecular weight is 236 g/mol. The molecule has 2 rings (SSSR count). The molecule has 0 bridgehead atoms. The van der Waals surface area contributed by atoms with Gasteiger partial charge in [-0.05, 0) is 17.5 Å². The minimum atomic E-state index is -1.93. The fourth-order valence-electron chi connectivity index (χ4n) is 1.36. The lowest BCUT2D eigenvalue weighted by Crippen LogP contribution is -1.99. The number of hydrogen-bond acceptors (Lipinski definition) is 0. The molecule has 0 fully saturated rings. The van der Waals surface area contributed by atoms with Gasteiger partial charge in [-0.25, -0.2) is 26.3 Å². The van der Waals surface area contributed by atoms with Crippen LogP contribution in [0.5, 0.6) is 0 Å². The Morgan fingerprint density at radius 2 is 0.938 bits per heavy atom. The van der Waals surface area contributed by atoms with E-state index in [-0.39, 0.29) is 0 Å². The quantitative estimate of drug-likeness (QED) is 0.483. The summed E-state index contributed by atoms with van der Waals surface area (Å²) >= 11 is 0. The van der Waals surface area contributed by atoms with Crippen LogP contribution in [0.2, 0.25) is 0 Å². The third kappa shape index (κ3) is 1.33. The van der Waals surface area contributed by atoms with Crippen molar-refractivity contribution in [2.45, 2.75) is 0 Å². The second-order valence-electron chi connectivity index (χ2n) is 3.07. The Hall–Kier alpha value is -1.72. The summed E-state index contributed by atoms with van der Waals surface area (Å²) in [5.41, 5.74) is 0. The van der Waals surface area contributed by atoms with Gasteiger partial charge in [-0.3, -0.25) is 0 Å². The van der Waals surface area contributed by atoms with Gasteiger partial charge in [0.05, 0.1) is 5.39 Å². The Balaban J connectivity index is 3.03. The summed E-state index contributed by atoms with van der Waals surface area (Å²) in [7, 11) is 0. The molecule has 0 atom stereocenters. The highest BCUT2D eigenvalue weighted by atomic mass is 19.2. The number of rotatable bonds is 0. The van der Waals surface area contributed by atoms with E-state index in [1.54, 1.807) is 0 Å². The van der Waals surface area contributed by atoms with Gasteiger partial charge in [0.25, 0.3) is 0 Å². The largest absolute Gasteiger partial charge is 0.204 e. The topological polar surface area (TPSA) is 0 Å². The lowest BCUT2D eigenvalue weighted by atomic mass is 10.1. The van der Waals surface area contributed by atoms with Crippen LogP contribution >= 0.6 is 0 Å². The second kappa shape index (κ2) is 3.40. The number of fused-ring (bicyclic) bond motifs is 1. The zero-order valence-electron chi connectivity index (χ0n) is 7.42. The highest BCUT2D eigenvalue weighted by molar-refractivity contribution is 5.84. The smallest absolute Gasteiger partial charge is 0.195 e. The lowest BCUT2D eigenvalue weighted by molar-refractivity contribution is 0.436. The molecule has 0 aromatic heterocycles. The molecule has 0 N–H and O–H groups in total. The maximum atomic E-state index is 13.1. The summed E-state index contributed by atoms with van der Waals surface area (Å²) in [6.45, 7) is 0. The van der Waals surface area contributed by atoms with E-state index in [4.69, 9.17) is 0 Å². The molecule has 84 valence electrons. The zero-order chi connectivity index (χ0) is 12.0. The van der Waals surface area contributed by atoms with Crippen molar-refractivity contribution in [1.82, 2.24) is 0 Å². The Labute approximate surface area is 85.1 Å². The minimum Gasteiger partial charge on any atom is -0.204 e. The molecule has 0 heterocycles. The number of hydrogen-bond donors (Lipinski definition) is 0. The van der Waals surface area contributed by atoms with Crippen molar-refractivity contribution in [2.75, 3.05) is 0 Å². The molecule has 6 heteroatoms. The molecule has 0 amide bonds. The Bertz CT molecular complexity index is 541. The summed E-state index contributed by atoms with van der Waals surface area (Å²) in [5.74, 6) is -10.8. The van der Waals surface area contributed by atoms with Crippen molar-refractivity contribution in [2.24, 2.45) is 0 Å². The first kappa shape index (κ1) is 10.8. The predicted octanol–water partition coefficient (Wildman–Crippen LogP) is 3.67. The van der Waals surface area contributed by atoms with Gasteiger partial charge in [0.2, 0.25) is 0 Å². The molecular weight excluding hydrogens is 234 g/mol. The van der Waals surface area contributed by atoms with E-state index in [1.165, 1.54) is 0 Å². The van der Waals surface area contributed by atoms with Crippen molar-refractivity contribution in [3.05, 3.63) is 47.0 Å². The van der Waals surface area contributed by atoms with Crippen LogP contribution in [-0.2, 0) is 0 Å². The fraction of sp³-hybridized carbons (Fsp3) is 0. The normalized spacial score (nSPS) is 11.1. The van der Waals surface area contributed by atoms with Gasteiger partial charge in [-0.1, -0.05) is 0 Å². The summed E-state index contributed by atoms with van der Waals surface area (Å²) in [6, 6.07) is 0.776. The molecule has 0 aliphatic carbocycles. The van der Waals surface area contributed by atoms with Gasteiger partial charge in [-0.2, -0.15) is 0 Å². The maximum Gasteiger partial charge on any atom is 0.195 e. The Morgan fingerprint density at radius 1 is 0.562 bits per heavy atom. The predicted molar refractivity (Wildman–Crippen MR) is 43.7 cm³/mol. The molecule has 0 saturated heterocycles. The van der Waals surface area contributed by atoms with Crippen LogP contribution in [0.1, 0.15) is 0 Å². The third-order valence-electron chi connectivity index (χ3n) is 2.10. The molecule has 2 aromatic rings. The van der Waals surface area contributed by atoms with Crippen LogP contribution in [0.15, 0.2) is 12.1 Å². The Morgan fingerprint density at radius 3 is 1.31 bits per heavy atom. The SMILES string of the molecule is Fc1cc2cc(F)c(F)c(F)c2c(F)c1F. The molecule has 16 heavy (non-hydrogen) atoms. The molecule has 0 aliphatic rings. The van der Waals surface area contributed by atoms with Gasteiger partial charge in [0, 0.05) is 0 Å². The zero-order valence-corrected chi connectivity index (χ0v) is 7.42. The first-order valence-corrected chi connectivity index (χ1v) is 4.04. The second-order valence-corrected chi connectivity index (χ2v) is 3.07. The molecule has 0 radical (unpaired) electrons. The summed E-state index contributed by atoms with van der Waals surface area (Å²) in [4.78, 5) is 0. The van der Waals surface area contributed by atoms with Crippen LogP contribution < -0.4 is 0 Å².